The summed E-state index contributed by atoms with van der Waals surface area (Å²) in [6.45, 7) is 0. The fourth-order valence-corrected chi connectivity index (χ4v) is 1.40. The summed E-state index contributed by atoms with van der Waals surface area (Å²) >= 11 is 11.4. The van der Waals surface area contributed by atoms with Gasteiger partial charge in [0, 0.05) is 0 Å². The molecule has 0 spiro atoms. The molecule has 0 heterocycles. The second kappa shape index (κ2) is 6.32. The molecule has 0 aliphatic carbocycles. The summed E-state index contributed by atoms with van der Waals surface area (Å²) in [4.78, 5) is 10.7. The van der Waals surface area contributed by atoms with Crippen molar-refractivity contribution < 1.29 is 14.6 Å². The normalized spacial score (nSPS) is 9.07. The van der Waals surface area contributed by atoms with Crippen LogP contribution in [0.1, 0.15) is 10.4 Å². The van der Waals surface area contributed by atoms with Gasteiger partial charge in [-0.1, -0.05) is 23.2 Å². The second-order valence-electron chi connectivity index (χ2n) is 2.24. The molecule has 0 aliphatic rings. The molecule has 0 amide bonds. The number of methoxy groups -OCH3 is 1. The van der Waals surface area contributed by atoms with Gasteiger partial charge in [0.15, 0.2) is 5.75 Å². The molecule has 0 radical (unpaired) electrons. The van der Waals surface area contributed by atoms with Crippen molar-refractivity contribution in [2.45, 2.75) is 0 Å². The van der Waals surface area contributed by atoms with Crippen LogP contribution in [0.4, 0.5) is 0 Å². The number of hydrogen-bond donors (Lipinski definition) is 1. The SMILES string of the molecule is COc1c(Cl)ccc(Cl)c1C(=O)O.[KH]. The molecule has 0 atom stereocenters. The van der Waals surface area contributed by atoms with Crippen LogP contribution < -0.4 is 4.74 Å². The van der Waals surface area contributed by atoms with Crippen LogP contribution in [0.3, 0.4) is 0 Å². The maximum atomic E-state index is 10.7. The van der Waals surface area contributed by atoms with E-state index in [1.54, 1.807) is 0 Å². The quantitative estimate of drug-likeness (QED) is 0.829. The number of ether oxygens (including phenoxy) is 1. The number of halogens is 2. The van der Waals surface area contributed by atoms with Crippen molar-refractivity contribution in [3.05, 3.63) is 27.7 Å². The number of rotatable bonds is 2. The van der Waals surface area contributed by atoms with Gasteiger partial charge < -0.3 is 9.84 Å². The van der Waals surface area contributed by atoms with E-state index in [0.717, 1.165) is 0 Å². The van der Waals surface area contributed by atoms with E-state index in [1.165, 1.54) is 19.2 Å². The molecule has 0 bridgehead atoms. The Morgan fingerprint density at radius 3 is 2.21 bits per heavy atom. The molecule has 1 aromatic rings. The molecule has 1 N–H and O–H groups in total. The number of aromatic carboxylic acids is 1. The van der Waals surface area contributed by atoms with Crippen molar-refractivity contribution >= 4 is 80.6 Å². The Morgan fingerprint density at radius 1 is 1.36 bits per heavy atom. The van der Waals surface area contributed by atoms with Gasteiger partial charge in [-0.25, -0.2) is 4.79 Å². The van der Waals surface area contributed by atoms with Crippen molar-refractivity contribution in [2.24, 2.45) is 0 Å². The van der Waals surface area contributed by atoms with Gasteiger partial charge in [-0.3, -0.25) is 0 Å². The Kier molecular flexibility index (Phi) is 6.64. The first-order valence-electron chi connectivity index (χ1n) is 3.33. The monoisotopic (exact) mass is 260 g/mol. The number of carboxylic acid groups (broad SMARTS) is 1. The van der Waals surface area contributed by atoms with Crippen LogP contribution in [0.15, 0.2) is 12.1 Å². The van der Waals surface area contributed by atoms with Gasteiger partial charge >= 0.3 is 57.4 Å². The van der Waals surface area contributed by atoms with Crippen molar-refractivity contribution in [2.75, 3.05) is 7.11 Å². The molecule has 0 fully saturated rings. The second-order valence-corrected chi connectivity index (χ2v) is 3.06. The van der Waals surface area contributed by atoms with E-state index < -0.39 is 5.97 Å². The van der Waals surface area contributed by atoms with E-state index in [0.29, 0.717) is 0 Å². The molecule has 0 saturated heterocycles. The van der Waals surface area contributed by atoms with Crippen LogP contribution in [-0.2, 0) is 0 Å². The summed E-state index contributed by atoms with van der Waals surface area (Å²) < 4.78 is 4.82. The molecule has 0 unspecified atom stereocenters. The molecular weight excluding hydrogens is 254 g/mol. The van der Waals surface area contributed by atoms with Crippen LogP contribution in [0.25, 0.3) is 0 Å². The molecule has 0 aromatic heterocycles. The van der Waals surface area contributed by atoms with Crippen molar-refractivity contribution in [3.8, 4) is 5.75 Å². The first-order chi connectivity index (χ1) is 6.07. The Morgan fingerprint density at radius 2 is 1.86 bits per heavy atom. The fraction of sp³-hybridized carbons (Fsp3) is 0.125. The maximum absolute atomic E-state index is 10.7. The van der Waals surface area contributed by atoms with E-state index in [1.807, 2.05) is 0 Å². The molecule has 72 valence electrons. The Hall–Kier alpha value is 0.706. The summed E-state index contributed by atoms with van der Waals surface area (Å²) in [6, 6.07) is 2.89. The van der Waals surface area contributed by atoms with Crippen molar-refractivity contribution in [1.29, 1.82) is 0 Å². The molecule has 6 heteroatoms. The average Bonchev–Trinajstić information content (AvgIpc) is 2.07. The van der Waals surface area contributed by atoms with Crippen LogP contribution >= 0.6 is 23.2 Å². The van der Waals surface area contributed by atoms with Gasteiger partial charge in [-0.15, -0.1) is 0 Å². The number of carbonyl (C=O) groups is 1. The summed E-state index contributed by atoms with van der Waals surface area (Å²) in [5.74, 6) is -1.08. The predicted octanol–water partition coefficient (Wildman–Crippen LogP) is 2.05. The van der Waals surface area contributed by atoms with Gasteiger partial charge in [0.05, 0.1) is 17.2 Å². The van der Waals surface area contributed by atoms with Gasteiger partial charge in [0.2, 0.25) is 0 Å². The van der Waals surface area contributed by atoms with E-state index in [2.05, 4.69) is 0 Å². The van der Waals surface area contributed by atoms with E-state index in [9.17, 15) is 4.79 Å². The minimum absolute atomic E-state index is 0. The first kappa shape index (κ1) is 14.7. The van der Waals surface area contributed by atoms with E-state index >= 15 is 0 Å². The molecule has 1 rings (SSSR count). The average molecular weight is 261 g/mol. The Balaban J connectivity index is 0.00000169. The Bertz CT molecular complexity index is 355. The van der Waals surface area contributed by atoms with Gasteiger partial charge in [0.25, 0.3) is 0 Å². The van der Waals surface area contributed by atoms with Crippen molar-refractivity contribution in [1.82, 2.24) is 0 Å². The third-order valence-electron chi connectivity index (χ3n) is 1.48. The summed E-state index contributed by atoms with van der Waals surface area (Å²) in [5.41, 5.74) is -0.114. The van der Waals surface area contributed by atoms with E-state index in [-0.39, 0.29) is 72.7 Å². The van der Waals surface area contributed by atoms with Gasteiger partial charge in [-0.05, 0) is 12.1 Å². The molecule has 0 aliphatic heterocycles. The van der Waals surface area contributed by atoms with E-state index in [4.69, 9.17) is 33.0 Å². The summed E-state index contributed by atoms with van der Waals surface area (Å²) in [7, 11) is 1.34. The van der Waals surface area contributed by atoms with Crippen LogP contribution in [-0.4, -0.2) is 69.6 Å². The number of hydrogen-bond acceptors (Lipinski definition) is 2. The zero-order chi connectivity index (χ0) is 10.0. The zero-order valence-electron chi connectivity index (χ0n) is 6.67. The standard InChI is InChI=1S/C8H6Cl2O3.K.H/c1-13-7-5(10)3-2-4(9)6(7)8(11)12;;/h2-3H,1H3,(H,11,12);;. The molecule has 3 nitrogen and oxygen atoms in total. The number of benzene rings is 1. The minimum atomic E-state index is -1.16. The Labute approximate surface area is 134 Å². The third kappa shape index (κ3) is 3.10. The fourth-order valence-electron chi connectivity index (χ4n) is 0.932. The van der Waals surface area contributed by atoms with Crippen molar-refractivity contribution in [3.63, 3.8) is 0 Å². The van der Waals surface area contributed by atoms with Gasteiger partial charge in [0.1, 0.15) is 5.56 Å². The third-order valence-corrected chi connectivity index (χ3v) is 2.09. The molecule has 1 aromatic carbocycles. The topological polar surface area (TPSA) is 46.5 Å². The van der Waals surface area contributed by atoms with Crippen LogP contribution in [0, 0.1) is 0 Å². The zero-order valence-corrected chi connectivity index (χ0v) is 8.19. The number of carboxylic acids is 1. The first-order valence-corrected chi connectivity index (χ1v) is 4.08. The predicted molar refractivity (Wildman–Crippen MR) is 57.1 cm³/mol. The molecule has 14 heavy (non-hydrogen) atoms. The van der Waals surface area contributed by atoms with Crippen LogP contribution in [0.2, 0.25) is 10.0 Å². The summed E-state index contributed by atoms with van der Waals surface area (Å²) in [6.07, 6.45) is 0. The van der Waals surface area contributed by atoms with Gasteiger partial charge in [-0.2, -0.15) is 0 Å². The van der Waals surface area contributed by atoms with Crippen LogP contribution in [0.5, 0.6) is 5.75 Å². The molecule has 0 saturated carbocycles. The molecular formula is C8H7Cl2KO3. The summed E-state index contributed by atoms with van der Waals surface area (Å²) in [5, 5.41) is 9.11.